The van der Waals surface area contributed by atoms with E-state index in [4.69, 9.17) is 11.6 Å². The number of hydrogen-bond donors (Lipinski definition) is 1. The van der Waals surface area contributed by atoms with Gasteiger partial charge in [-0.15, -0.1) is 0 Å². The SMILES string of the molecule is CC(C)C1CSC(=NCc2ccc(F)c(Cl)c2)N1. The Labute approximate surface area is 116 Å². The van der Waals surface area contributed by atoms with Crippen LogP contribution in [0.4, 0.5) is 4.39 Å². The predicted octanol–water partition coefficient (Wildman–Crippen LogP) is 3.70. The molecule has 0 amide bonds. The Morgan fingerprint density at radius 2 is 2.33 bits per heavy atom. The molecule has 1 aliphatic rings. The summed E-state index contributed by atoms with van der Waals surface area (Å²) in [6, 6.07) is 5.21. The molecule has 1 N–H and O–H groups in total. The molecule has 18 heavy (non-hydrogen) atoms. The maximum absolute atomic E-state index is 13.0. The number of halogens is 2. The van der Waals surface area contributed by atoms with Crippen LogP contribution in [0, 0.1) is 11.7 Å². The van der Waals surface area contributed by atoms with E-state index in [1.165, 1.54) is 6.07 Å². The summed E-state index contributed by atoms with van der Waals surface area (Å²) in [6.07, 6.45) is 0. The topological polar surface area (TPSA) is 24.4 Å². The first-order valence-electron chi connectivity index (χ1n) is 5.94. The fourth-order valence-electron chi connectivity index (χ4n) is 1.66. The van der Waals surface area contributed by atoms with Gasteiger partial charge in [-0.1, -0.05) is 43.3 Å². The molecular formula is C13H16ClFN2S. The number of nitrogens with zero attached hydrogens (tertiary/aromatic N) is 1. The first-order chi connectivity index (χ1) is 8.56. The molecule has 0 bridgehead atoms. The molecule has 0 saturated carbocycles. The van der Waals surface area contributed by atoms with E-state index in [1.807, 2.05) is 0 Å². The molecule has 1 aliphatic heterocycles. The van der Waals surface area contributed by atoms with Crippen molar-refractivity contribution in [3.8, 4) is 0 Å². The molecule has 1 aromatic rings. The number of thioether (sulfide) groups is 1. The van der Waals surface area contributed by atoms with Crippen LogP contribution >= 0.6 is 23.4 Å². The van der Waals surface area contributed by atoms with Gasteiger partial charge in [-0.3, -0.25) is 4.99 Å². The highest BCUT2D eigenvalue weighted by Crippen LogP contribution is 2.20. The van der Waals surface area contributed by atoms with E-state index in [0.717, 1.165) is 16.5 Å². The second kappa shape index (κ2) is 5.93. The van der Waals surface area contributed by atoms with Gasteiger partial charge in [0.1, 0.15) is 5.82 Å². The third-order valence-electron chi connectivity index (χ3n) is 2.90. The van der Waals surface area contributed by atoms with E-state index < -0.39 is 0 Å². The number of benzene rings is 1. The van der Waals surface area contributed by atoms with E-state index in [0.29, 0.717) is 18.5 Å². The lowest BCUT2D eigenvalue weighted by atomic mass is 10.1. The Balaban J connectivity index is 1.97. The maximum Gasteiger partial charge on any atom is 0.157 e. The molecule has 98 valence electrons. The van der Waals surface area contributed by atoms with Crippen LogP contribution in [0.15, 0.2) is 23.2 Å². The molecule has 0 aromatic heterocycles. The molecule has 1 saturated heterocycles. The van der Waals surface area contributed by atoms with Crippen molar-refractivity contribution in [3.63, 3.8) is 0 Å². The lowest BCUT2D eigenvalue weighted by molar-refractivity contribution is 0.503. The van der Waals surface area contributed by atoms with Crippen LogP contribution in [0.5, 0.6) is 0 Å². The zero-order valence-electron chi connectivity index (χ0n) is 10.4. The molecule has 1 unspecified atom stereocenters. The monoisotopic (exact) mass is 286 g/mol. The summed E-state index contributed by atoms with van der Waals surface area (Å²) in [6.45, 7) is 4.92. The van der Waals surface area contributed by atoms with Gasteiger partial charge >= 0.3 is 0 Å². The van der Waals surface area contributed by atoms with Gasteiger partial charge in [-0.2, -0.15) is 0 Å². The average Bonchev–Trinajstić information content (AvgIpc) is 2.79. The third-order valence-corrected chi connectivity index (χ3v) is 4.24. The normalized spacial score (nSPS) is 21.6. The second-order valence-corrected chi connectivity index (χ2v) is 6.09. The van der Waals surface area contributed by atoms with Crippen molar-refractivity contribution in [1.29, 1.82) is 0 Å². The summed E-state index contributed by atoms with van der Waals surface area (Å²) in [5, 5.41) is 4.51. The Kier molecular flexibility index (Phi) is 4.51. The molecular weight excluding hydrogens is 271 g/mol. The Hall–Kier alpha value is -0.740. The summed E-state index contributed by atoms with van der Waals surface area (Å²) < 4.78 is 13.0. The average molecular weight is 287 g/mol. The molecule has 5 heteroatoms. The van der Waals surface area contributed by atoms with Gasteiger partial charge in [-0.05, 0) is 23.6 Å². The van der Waals surface area contributed by atoms with E-state index in [1.54, 1.807) is 23.9 Å². The van der Waals surface area contributed by atoms with E-state index in [2.05, 4.69) is 24.2 Å². The largest absolute Gasteiger partial charge is 0.361 e. The van der Waals surface area contributed by atoms with Crippen LogP contribution in [0.25, 0.3) is 0 Å². The van der Waals surface area contributed by atoms with Crippen LogP contribution in [0.1, 0.15) is 19.4 Å². The third kappa shape index (κ3) is 3.39. The standard InChI is InChI=1S/C13H16ClFN2S/c1-8(2)12-7-18-13(17-12)16-6-9-3-4-11(15)10(14)5-9/h3-5,8,12H,6-7H2,1-2H3,(H,16,17). The highest BCUT2D eigenvalue weighted by molar-refractivity contribution is 8.14. The fourth-order valence-corrected chi connectivity index (χ4v) is 3.06. The quantitative estimate of drug-likeness (QED) is 0.916. The zero-order chi connectivity index (χ0) is 13.1. The van der Waals surface area contributed by atoms with Crippen LogP contribution in [0.3, 0.4) is 0 Å². The lowest BCUT2D eigenvalue weighted by Crippen LogP contribution is -2.31. The van der Waals surface area contributed by atoms with Gasteiger partial charge in [0.05, 0.1) is 11.6 Å². The van der Waals surface area contributed by atoms with Gasteiger partial charge in [0.15, 0.2) is 5.17 Å². The fraction of sp³-hybridized carbons (Fsp3) is 0.462. The van der Waals surface area contributed by atoms with Crippen molar-refractivity contribution in [2.45, 2.75) is 26.4 Å². The molecule has 1 atom stereocenters. The molecule has 0 aliphatic carbocycles. The number of hydrogen-bond acceptors (Lipinski definition) is 2. The minimum Gasteiger partial charge on any atom is -0.361 e. The number of aliphatic imine (C=N–C) groups is 1. The first kappa shape index (κ1) is 13.7. The summed E-state index contributed by atoms with van der Waals surface area (Å²) >= 11 is 7.47. The molecule has 1 heterocycles. The Bertz CT molecular complexity index is 462. The molecule has 1 fully saturated rings. The van der Waals surface area contributed by atoms with E-state index in [9.17, 15) is 4.39 Å². The molecule has 2 nitrogen and oxygen atoms in total. The molecule has 0 radical (unpaired) electrons. The van der Waals surface area contributed by atoms with Crippen LogP contribution in [-0.2, 0) is 6.54 Å². The number of amidine groups is 1. The zero-order valence-corrected chi connectivity index (χ0v) is 12.0. The second-order valence-electron chi connectivity index (χ2n) is 4.68. The number of nitrogens with one attached hydrogen (secondary N) is 1. The minimum absolute atomic E-state index is 0.153. The maximum atomic E-state index is 13.0. The van der Waals surface area contributed by atoms with Crippen molar-refractivity contribution in [2.24, 2.45) is 10.9 Å². The van der Waals surface area contributed by atoms with Crippen molar-refractivity contribution < 1.29 is 4.39 Å². The van der Waals surface area contributed by atoms with E-state index in [-0.39, 0.29) is 10.8 Å². The van der Waals surface area contributed by atoms with Crippen molar-refractivity contribution >= 4 is 28.5 Å². The molecule has 1 aromatic carbocycles. The van der Waals surface area contributed by atoms with Gasteiger partial charge in [0.25, 0.3) is 0 Å². The molecule has 0 spiro atoms. The van der Waals surface area contributed by atoms with Crippen molar-refractivity contribution in [2.75, 3.05) is 5.75 Å². The van der Waals surface area contributed by atoms with Crippen LogP contribution in [0.2, 0.25) is 5.02 Å². The van der Waals surface area contributed by atoms with Crippen molar-refractivity contribution in [3.05, 3.63) is 34.6 Å². The lowest BCUT2D eigenvalue weighted by Gasteiger charge is -2.13. The first-order valence-corrected chi connectivity index (χ1v) is 7.30. The van der Waals surface area contributed by atoms with Crippen LogP contribution in [-0.4, -0.2) is 17.0 Å². The summed E-state index contributed by atoms with van der Waals surface area (Å²) in [7, 11) is 0. The van der Waals surface area contributed by atoms with Crippen molar-refractivity contribution in [1.82, 2.24) is 5.32 Å². The van der Waals surface area contributed by atoms with E-state index >= 15 is 0 Å². The minimum atomic E-state index is -0.388. The summed E-state index contributed by atoms with van der Waals surface area (Å²) in [5.74, 6) is 1.27. The Morgan fingerprint density at radius 3 is 2.94 bits per heavy atom. The smallest absolute Gasteiger partial charge is 0.157 e. The summed E-state index contributed by atoms with van der Waals surface area (Å²) in [5.41, 5.74) is 0.921. The Morgan fingerprint density at radius 1 is 1.56 bits per heavy atom. The highest BCUT2D eigenvalue weighted by atomic mass is 35.5. The molecule has 2 rings (SSSR count). The van der Waals surface area contributed by atoms with Gasteiger partial charge < -0.3 is 5.32 Å². The number of rotatable bonds is 3. The summed E-state index contributed by atoms with van der Waals surface area (Å²) in [4.78, 5) is 4.48. The predicted molar refractivity (Wildman–Crippen MR) is 76.8 cm³/mol. The van der Waals surface area contributed by atoms with Crippen LogP contribution < -0.4 is 5.32 Å². The van der Waals surface area contributed by atoms with Gasteiger partial charge in [0, 0.05) is 11.8 Å². The highest BCUT2D eigenvalue weighted by Gasteiger charge is 2.22. The van der Waals surface area contributed by atoms with Gasteiger partial charge in [0.2, 0.25) is 0 Å². The van der Waals surface area contributed by atoms with Gasteiger partial charge in [-0.25, -0.2) is 4.39 Å².